The number of aromatic nitrogens is 2. The Morgan fingerprint density at radius 3 is 2.64 bits per heavy atom. The smallest absolute Gasteiger partial charge is 0.0953 e. The molecule has 0 amide bonds. The first-order valence-electron chi connectivity index (χ1n) is 4.90. The van der Waals surface area contributed by atoms with Crippen molar-refractivity contribution in [2.45, 2.75) is 39.8 Å². The Bertz CT molecular complexity index is 324. The molecule has 1 aromatic rings. The van der Waals surface area contributed by atoms with Crippen LogP contribution in [0.15, 0.2) is 18.1 Å². The van der Waals surface area contributed by atoms with E-state index in [0.717, 1.165) is 11.3 Å². The molecule has 1 atom stereocenters. The maximum atomic E-state index is 9.35. The Morgan fingerprint density at radius 1 is 1.50 bits per heavy atom. The van der Waals surface area contributed by atoms with Crippen molar-refractivity contribution in [1.82, 2.24) is 9.55 Å². The number of rotatable bonds is 3. The van der Waals surface area contributed by atoms with E-state index >= 15 is 0 Å². The molecule has 0 fully saturated rings. The molecule has 1 N–H and O–H groups in total. The lowest BCUT2D eigenvalue weighted by atomic mass is 10.1. The standard InChI is InChI=1S/C11H18N2O/c1-8(2)13-7-12-6-11(13)5-9(3)10(4)14/h5-8,10,14H,1-4H3/b9-5-. The van der Waals surface area contributed by atoms with Gasteiger partial charge in [0.1, 0.15) is 0 Å². The van der Waals surface area contributed by atoms with E-state index in [4.69, 9.17) is 0 Å². The molecule has 78 valence electrons. The second-order valence-electron chi connectivity index (χ2n) is 3.88. The number of hydrogen-bond acceptors (Lipinski definition) is 2. The average Bonchev–Trinajstić information content (AvgIpc) is 2.52. The number of imidazole rings is 1. The van der Waals surface area contributed by atoms with Gasteiger partial charge in [-0.15, -0.1) is 0 Å². The predicted octanol–water partition coefficient (Wildman–Crippen LogP) is 2.25. The maximum absolute atomic E-state index is 9.35. The van der Waals surface area contributed by atoms with Gasteiger partial charge in [0.2, 0.25) is 0 Å². The van der Waals surface area contributed by atoms with E-state index in [1.165, 1.54) is 0 Å². The molecule has 0 aliphatic rings. The van der Waals surface area contributed by atoms with Gasteiger partial charge in [0.05, 0.1) is 24.3 Å². The van der Waals surface area contributed by atoms with Gasteiger partial charge >= 0.3 is 0 Å². The fraction of sp³-hybridized carbons (Fsp3) is 0.545. The Hall–Kier alpha value is -1.09. The van der Waals surface area contributed by atoms with Gasteiger partial charge in [-0.2, -0.15) is 0 Å². The van der Waals surface area contributed by atoms with Crippen molar-refractivity contribution in [3.63, 3.8) is 0 Å². The van der Waals surface area contributed by atoms with Crippen LogP contribution in [0.3, 0.4) is 0 Å². The zero-order valence-corrected chi connectivity index (χ0v) is 9.23. The van der Waals surface area contributed by atoms with Crippen LogP contribution >= 0.6 is 0 Å². The summed E-state index contributed by atoms with van der Waals surface area (Å²) in [6, 6.07) is 0.394. The van der Waals surface area contributed by atoms with Crippen molar-refractivity contribution in [2.75, 3.05) is 0 Å². The molecular formula is C11H18N2O. The van der Waals surface area contributed by atoms with Crippen LogP contribution in [-0.4, -0.2) is 20.8 Å². The summed E-state index contributed by atoms with van der Waals surface area (Å²) in [4.78, 5) is 4.09. The van der Waals surface area contributed by atoms with Crippen LogP contribution in [0.5, 0.6) is 0 Å². The van der Waals surface area contributed by atoms with Gasteiger partial charge in [-0.25, -0.2) is 4.98 Å². The van der Waals surface area contributed by atoms with Gasteiger partial charge in [0.25, 0.3) is 0 Å². The highest BCUT2D eigenvalue weighted by atomic mass is 16.3. The first-order valence-corrected chi connectivity index (χ1v) is 4.90. The minimum atomic E-state index is -0.398. The lowest BCUT2D eigenvalue weighted by Crippen LogP contribution is -2.04. The van der Waals surface area contributed by atoms with E-state index in [1.54, 1.807) is 6.92 Å². The molecular weight excluding hydrogens is 176 g/mol. The summed E-state index contributed by atoms with van der Waals surface area (Å²) in [5, 5.41) is 9.35. The number of aliphatic hydroxyl groups is 1. The van der Waals surface area contributed by atoms with Gasteiger partial charge in [0, 0.05) is 6.04 Å². The summed E-state index contributed by atoms with van der Waals surface area (Å²) < 4.78 is 2.08. The monoisotopic (exact) mass is 194 g/mol. The van der Waals surface area contributed by atoms with Crippen molar-refractivity contribution < 1.29 is 5.11 Å². The van der Waals surface area contributed by atoms with Gasteiger partial charge in [-0.3, -0.25) is 0 Å². The van der Waals surface area contributed by atoms with Crippen molar-refractivity contribution in [1.29, 1.82) is 0 Å². The van der Waals surface area contributed by atoms with Crippen LogP contribution in [0.4, 0.5) is 0 Å². The van der Waals surface area contributed by atoms with Crippen LogP contribution in [0.1, 0.15) is 39.4 Å². The van der Waals surface area contributed by atoms with Gasteiger partial charge in [-0.05, 0) is 39.3 Å². The second kappa shape index (κ2) is 4.42. The Labute approximate surface area is 85.1 Å². The molecule has 3 nitrogen and oxygen atoms in total. The average molecular weight is 194 g/mol. The Kier molecular flexibility index (Phi) is 3.47. The fourth-order valence-electron chi connectivity index (χ4n) is 1.21. The summed E-state index contributed by atoms with van der Waals surface area (Å²) >= 11 is 0. The number of nitrogens with zero attached hydrogens (tertiary/aromatic N) is 2. The highest BCUT2D eigenvalue weighted by Gasteiger charge is 2.04. The van der Waals surface area contributed by atoms with E-state index in [9.17, 15) is 5.11 Å². The summed E-state index contributed by atoms with van der Waals surface area (Å²) in [6.45, 7) is 7.90. The van der Waals surface area contributed by atoms with E-state index in [1.807, 2.05) is 25.5 Å². The summed E-state index contributed by atoms with van der Waals surface area (Å²) in [5.74, 6) is 0. The topological polar surface area (TPSA) is 38.0 Å². The van der Waals surface area contributed by atoms with E-state index in [2.05, 4.69) is 23.4 Å². The number of hydrogen-bond donors (Lipinski definition) is 1. The van der Waals surface area contributed by atoms with Gasteiger partial charge in [0.15, 0.2) is 0 Å². The molecule has 0 aromatic carbocycles. The third-order valence-corrected chi connectivity index (χ3v) is 2.29. The molecule has 0 saturated carbocycles. The minimum absolute atomic E-state index is 0.394. The zero-order valence-electron chi connectivity index (χ0n) is 9.23. The fourth-order valence-corrected chi connectivity index (χ4v) is 1.21. The molecule has 0 bridgehead atoms. The maximum Gasteiger partial charge on any atom is 0.0953 e. The van der Waals surface area contributed by atoms with Crippen molar-refractivity contribution in [3.05, 3.63) is 23.8 Å². The molecule has 0 aliphatic heterocycles. The molecule has 1 heterocycles. The Balaban J connectivity index is 2.96. The quantitative estimate of drug-likeness (QED) is 0.801. The Morgan fingerprint density at radius 2 is 2.14 bits per heavy atom. The van der Waals surface area contributed by atoms with Crippen molar-refractivity contribution >= 4 is 6.08 Å². The van der Waals surface area contributed by atoms with Crippen molar-refractivity contribution in [2.24, 2.45) is 0 Å². The number of aliphatic hydroxyl groups excluding tert-OH is 1. The molecule has 1 aromatic heterocycles. The summed E-state index contributed by atoms with van der Waals surface area (Å²) in [5.41, 5.74) is 1.99. The van der Waals surface area contributed by atoms with Gasteiger partial charge in [-0.1, -0.05) is 0 Å². The van der Waals surface area contributed by atoms with E-state index in [-0.39, 0.29) is 0 Å². The van der Waals surface area contributed by atoms with Crippen LogP contribution in [0, 0.1) is 0 Å². The van der Waals surface area contributed by atoms with Gasteiger partial charge < -0.3 is 9.67 Å². The molecule has 0 saturated heterocycles. The molecule has 14 heavy (non-hydrogen) atoms. The normalized spacial score (nSPS) is 14.9. The third-order valence-electron chi connectivity index (χ3n) is 2.29. The van der Waals surface area contributed by atoms with Crippen LogP contribution in [-0.2, 0) is 0 Å². The molecule has 0 spiro atoms. The first-order chi connectivity index (χ1) is 6.52. The highest BCUT2D eigenvalue weighted by Crippen LogP contribution is 2.13. The molecule has 1 unspecified atom stereocenters. The second-order valence-corrected chi connectivity index (χ2v) is 3.88. The van der Waals surface area contributed by atoms with E-state index < -0.39 is 6.10 Å². The zero-order chi connectivity index (χ0) is 10.7. The highest BCUT2D eigenvalue weighted by molar-refractivity contribution is 5.49. The van der Waals surface area contributed by atoms with E-state index in [0.29, 0.717) is 6.04 Å². The largest absolute Gasteiger partial charge is 0.389 e. The SMILES string of the molecule is C/C(=C/c1cncn1C(C)C)C(C)O. The molecule has 1 rings (SSSR count). The van der Waals surface area contributed by atoms with Crippen LogP contribution in [0.25, 0.3) is 6.08 Å². The summed E-state index contributed by atoms with van der Waals surface area (Å²) in [6.07, 6.45) is 5.19. The molecule has 3 heteroatoms. The summed E-state index contributed by atoms with van der Waals surface area (Å²) in [7, 11) is 0. The predicted molar refractivity (Wildman–Crippen MR) is 57.9 cm³/mol. The molecule has 0 aliphatic carbocycles. The lowest BCUT2D eigenvalue weighted by Gasteiger charge is -2.10. The van der Waals surface area contributed by atoms with Crippen LogP contribution in [0.2, 0.25) is 0 Å². The lowest BCUT2D eigenvalue weighted by molar-refractivity contribution is 0.232. The first kappa shape index (κ1) is 11.0. The van der Waals surface area contributed by atoms with Crippen molar-refractivity contribution in [3.8, 4) is 0 Å². The third kappa shape index (κ3) is 2.45. The molecule has 0 radical (unpaired) electrons. The minimum Gasteiger partial charge on any atom is -0.389 e. The van der Waals surface area contributed by atoms with Crippen LogP contribution < -0.4 is 0 Å².